The van der Waals surface area contributed by atoms with Gasteiger partial charge in [-0.05, 0) is 30.2 Å². The van der Waals surface area contributed by atoms with E-state index in [2.05, 4.69) is 10.2 Å². The van der Waals surface area contributed by atoms with Crippen LogP contribution in [0.2, 0.25) is 5.02 Å². The SMILES string of the molecule is CCOC(=O)C(N)Cc1cn[nH]c1-c1ccc(Cl)cc1. The van der Waals surface area contributed by atoms with E-state index in [4.69, 9.17) is 22.1 Å². The molecule has 1 unspecified atom stereocenters. The molecule has 106 valence electrons. The average Bonchev–Trinajstić information content (AvgIpc) is 2.88. The first kappa shape index (κ1) is 14.6. The number of aromatic nitrogens is 2. The van der Waals surface area contributed by atoms with Crippen molar-refractivity contribution < 1.29 is 9.53 Å². The van der Waals surface area contributed by atoms with Crippen LogP contribution in [0.1, 0.15) is 12.5 Å². The second-order valence-corrected chi connectivity index (χ2v) is 4.78. The summed E-state index contributed by atoms with van der Waals surface area (Å²) in [6, 6.07) is 6.67. The molecule has 0 radical (unpaired) electrons. The molecule has 5 nitrogen and oxygen atoms in total. The standard InChI is InChI=1S/C14H16ClN3O2/c1-2-20-14(19)12(16)7-10-8-17-18-13(10)9-3-5-11(15)6-4-9/h3-6,8,12H,2,7,16H2,1H3,(H,17,18). The Morgan fingerprint density at radius 2 is 2.15 bits per heavy atom. The molecule has 0 aliphatic heterocycles. The molecule has 0 amide bonds. The molecule has 2 aromatic rings. The zero-order chi connectivity index (χ0) is 14.5. The summed E-state index contributed by atoms with van der Waals surface area (Å²) in [7, 11) is 0. The second-order valence-electron chi connectivity index (χ2n) is 4.34. The van der Waals surface area contributed by atoms with Crippen LogP contribution >= 0.6 is 11.6 Å². The van der Waals surface area contributed by atoms with Gasteiger partial charge in [-0.1, -0.05) is 23.7 Å². The maximum Gasteiger partial charge on any atom is 0.323 e. The largest absolute Gasteiger partial charge is 0.465 e. The number of hydrogen-bond donors (Lipinski definition) is 2. The number of nitrogens with one attached hydrogen (secondary N) is 1. The zero-order valence-electron chi connectivity index (χ0n) is 11.1. The summed E-state index contributed by atoms with van der Waals surface area (Å²) >= 11 is 5.87. The van der Waals surface area contributed by atoms with Gasteiger partial charge in [0.05, 0.1) is 18.5 Å². The van der Waals surface area contributed by atoms with Crippen LogP contribution in [0.4, 0.5) is 0 Å². The lowest BCUT2D eigenvalue weighted by Crippen LogP contribution is -2.34. The van der Waals surface area contributed by atoms with Crippen LogP contribution in [-0.4, -0.2) is 28.8 Å². The summed E-state index contributed by atoms with van der Waals surface area (Å²) in [5, 5.41) is 7.60. The monoisotopic (exact) mass is 293 g/mol. The lowest BCUT2D eigenvalue weighted by Gasteiger charge is -2.10. The van der Waals surface area contributed by atoms with Crippen molar-refractivity contribution in [3.63, 3.8) is 0 Å². The molecular weight excluding hydrogens is 278 g/mol. The smallest absolute Gasteiger partial charge is 0.323 e. The number of halogens is 1. The highest BCUT2D eigenvalue weighted by Crippen LogP contribution is 2.23. The molecule has 1 aromatic heterocycles. The molecule has 2 rings (SSSR count). The maximum absolute atomic E-state index is 11.6. The van der Waals surface area contributed by atoms with Crippen LogP contribution in [0.25, 0.3) is 11.3 Å². The van der Waals surface area contributed by atoms with Gasteiger partial charge in [-0.3, -0.25) is 9.89 Å². The predicted octanol–water partition coefficient (Wildman–Crippen LogP) is 2.16. The number of aromatic amines is 1. The van der Waals surface area contributed by atoms with Crippen LogP contribution in [0.5, 0.6) is 0 Å². The van der Waals surface area contributed by atoms with Gasteiger partial charge in [0.1, 0.15) is 6.04 Å². The van der Waals surface area contributed by atoms with E-state index in [0.29, 0.717) is 18.1 Å². The predicted molar refractivity (Wildman–Crippen MR) is 77.3 cm³/mol. The molecule has 3 N–H and O–H groups in total. The topological polar surface area (TPSA) is 81.0 Å². The quantitative estimate of drug-likeness (QED) is 0.828. The highest BCUT2D eigenvalue weighted by atomic mass is 35.5. The van der Waals surface area contributed by atoms with Crippen LogP contribution in [0, 0.1) is 0 Å². The first-order valence-electron chi connectivity index (χ1n) is 6.32. The fraction of sp³-hybridized carbons (Fsp3) is 0.286. The Hall–Kier alpha value is -1.85. The average molecular weight is 294 g/mol. The van der Waals surface area contributed by atoms with E-state index >= 15 is 0 Å². The first-order chi connectivity index (χ1) is 9.61. The molecule has 0 saturated carbocycles. The van der Waals surface area contributed by atoms with Crippen molar-refractivity contribution in [1.82, 2.24) is 10.2 Å². The minimum absolute atomic E-state index is 0.321. The molecular formula is C14H16ClN3O2. The van der Waals surface area contributed by atoms with Crippen molar-refractivity contribution in [3.8, 4) is 11.3 Å². The Balaban J connectivity index is 2.16. The molecule has 0 aliphatic carbocycles. The lowest BCUT2D eigenvalue weighted by molar-refractivity contribution is -0.144. The van der Waals surface area contributed by atoms with Crippen LogP contribution in [0.3, 0.4) is 0 Å². The molecule has 6 heteroatoms. The lowest BCUT2D eigenvalue weighted by atomic mass is 10.0. The van der Waals surface area contributed by atoms with Crippen LogP contribution < -0.4 is 5.73 Å². The van der Waals surface area contributed by atoms with E-state index in [1.165, 1.54) is 0 Å². The van der Waals surface area contributed by atoms with E-state index in [1.54, 1.807) is 25.3 Å². The van der Waals surface area contributed by atoms with Crippen molar-refractivity contribution in [2.24, 2.45) is 5.73 Å². The van der Waals surface area contributed by atoms with Crippen molar-refractivity contribution in [3.05, 3.63) is 41.0 Å². The Kier molecular flexibility index (Phi) is 4.76. The number of carbonyl (C=O) groups is 1. The molecule has 20 heavy (non-hydrogen) atoms. The van der Waals surface area contributed by atoms with Crippen LogP contribution in [-0.2, 0) is 16.0 Å². The molecule has 0 spiro atoms. The Morgan fingerprint density at radius 3 is 2.80 bits per heavy atom. The number of benzene rings is 1. The van der Waals surface area contributed by atoms with E-state index in [-0.39, 0.29) is 0 Å². The molecule has 0 fully saturated rings. The van der Waals surface area contributed by atoms with Gasteiger partial charge < -0.3 is 10.5 Å². The van der Waals surface area contributed by atoms with Gasteiger partial charge in [0.25, 0.3) is 0 Å². The number of esters is 1. The van der Waals surface area contributed by atoms with Crippen molar-refractivity contribution in [2.45, 2.75) is 19.4 Å². The van der Waals surface area contributed by atoms with Gasteiger partial charge in [-0.25, -0.2) is 0 Å². The summed E-state index contributed by atoms with van der Waals surface area (Å²) < 4.78 is 4.90. The fourth-order valence-electron chi connectivity index (χ4n) is 1.90. The highest BCUT2D eigenvalue weighted by Gasteiger charge is 2.18. The minimum atomic E-state index is -0.696. The van der Waals surface area contributed by atoms with E-state index in [0.717, 1.165) is 16.8 Å². The highest BCUT2D eigenvalue weighted by molar-refractivity contribution is 6.30. The zero-order valence-corrected chi connectivity index (χ0v) is 11.9. The molecule has 0 aliphatic rings. The molecule has 1 atom stereocenters. The van der Waals surface area contributed by atoms with Crippen molar-refractivity contribution in [1.29, 1.82) is 0 Å². The number of ether oxygens (including phenoxy) is 1. The summed E-state index contributed by atoms with van der Waals surface area (Å²) in [6.45, 7) is 2.07. The number of nitrogens with two attached hydrogens (primary N) is 1. The Labute approximate surface area is 122 Å². The van der Waals surface area contributed by atoms with E-state index < -0.39 is 12.0 Å². The third-order valence-electron chi connectivity index (χ3n) is 2.88. The second kappa shape index (κ2) is 6.54. The van der Waals surface area contributed by atoms with E-state index in [9.17, 15) is 4.79 Å². The van der Waals surface area contributed by atoms with Gasteiger partial charge in [0, 0.05) is 11.4 Å². The number of H-pyrrole nitrogens is 1. The number of carbonyl (C=O) groups excluding carboxylic acids is 1. The normalized spacial score (nSPS) is 12.2. The minimum Gasteiger partial charge on any atom is -0.465 e. The van der Waals surface area contributed by atoms with E-state index in [1.807, 2.05) is 12.1 Å². The first-order valence-corrected chi connectivity index (χ1v) is 6.70. The van der Waals surface area contributed by atoms with Gasteiger partial charge in [-0.2, -0.15) is 5.10 Å². The van der Waals surface area contributed by atoms with Gasteiger partial charge in [0.15, 0.2) is 0 Å². The van der Waals surface area contributed by atoms with Crippen molar-refractivity contribution in [2.75, 3.05) is 6.61 Å². The third-order valence-corrected chi connectivity index (χ3v) is 3.13. The summed E-state index contributed by atoms with van der Waals surface area (Å²) in [4.78, 5) is 11.6. The Bertz CT molecular complexity index is 580. The number of hydrogen-bond acceptors (Lipinski definition) is 4. The molecule has 1 aromatic carbocycles. The third kappa shape index (κ3) is 3.37. The Morgan fingerprint density at radius 1 is 1.45 bits per heavy atom. The molecule has 0 bridgehead atoms. The number of nitrogens with zero attached hydrogens (tertiary/aromatic N) is 1. The summed E-state index contributed by atoms with van der Waals surface area (Å²) in [5.74, 6) is -0.407. The fourth-order valence-corrected chi connectivity index (χ4v) is 2.03. The number of rotatable bonds is 5. The van der Waals surface area contributed by atoms with Crippen molar-refractivity contribution >= 4 is 17.6 Å². The maximum atomic E-state index is 11.6. The molecule has 1 heterocycles. The van der Waals surface area contributed by atoms with Gasteiger partial charge >= 0.3 is 5.97 Å². The summed E-state index contributed by atoms with van der Waals surface area (Å²) in [6.07, 6.45) is 2.04. The summed E-state index contributed by atoms with van der Waals surface area (Å²) in [5.41, 5.74) is 8.47. The van der Waals surface area contributed by atoms with Crippen LogP contribution in [0.15, 0.2) is 30.5 Å². The molecule has 0 saturated heterocycles. The van der Waals surface area contributed by atoms with Gasteiger partial charge in [-0.15, -0.1) is 0 Å². The van der Waals surface area contributed by atoms with Gasteiger partial charge in [0.2, 0.25) is 0 Å².